The largest absolute Gasteiger partial charge is 0.451 e. The highest BCUT2D eigenvalue weighted by molar-refractivity contribution is 6.46. The van der Waals surface area contributed by atoms with Gasteiger partial charge < -0.3 is 15.4 Å². The van der Waals surface area contributed by atoms with Crippen LogP contribution in [0.5, 0.6) is 0 Å². The summed E-state index contributed by atoms with van der Waals surface area (Å²) in [6.07, 6.45) is 4.12. The summed E-state index contributed by atoms with van der Waals surface area (Å²) in [5, 5.41) is -0.333. The lowest BCUT2D eigenvalue weighted by molar-refractivity contribution is -0.134. The third kappa shape index (κ3) is 4.40. The monoisotopic (exact) mass is 379 g/mol. The molecule has 1 amide bonds. The van der Waals surface area contributed by atoms with E-state index in [-0.39, 0.29) is 39.1 Å². The Morgan fingerprint density at radius 3 is 2.30 bits per heavy atom. The third-order valence-corrected chi connectivity index (χ3v) is 4.69. The van der Waals surface area contributed by atoms with E-state index in [4.69, 9.17) is 45.3 Å². The molecule has 0 saturated carbocycles. The Hall–Kier alpha value is -1.24. The maximum Gasteiger partial charge on any atom is 0.359 e. The Bertz CT molecular complexity index is 617. The van der Waals surface area contributed by atoms with Crippen LogP contribution in [0.3, 0.4) is 0 Å². The number of nitrogens with zero attached hydrogens (tertiary/aromatic N) is 2. The van der Waals surface area contributed by atoms with E-state index < -0.39 is 5.97 Å². The lowest BCUT2D eigenvalue weighted by Crippen LogP contribution is -2.35. The topological polar surface area (TPSA) is 85.5 Å². The van der Waals surface area contributed by atoms with Gasteiger partial charge in [0, 0.05) is 13.1 Å². The van der Waals surface area contributed by atoms with E-state index >= 15 is 0 Å². The maximum atomic E-state index is 12.1. The summed E-state index contributed by atoms with van der Waals surface area (Å²) in [5.41, 5.74) is 5.32. The maximum absolute atomic E-state index is 12.1. The molecule has 1 saturated heterocycles. The number of esters is 1. The van der Waals surface area contributed by atoms with Gasteiger partial charge in [0.1, 0.15) is 5.02 Å². The van der Waals surface area contributed by atoms with Crippen molar-refractivity contribution in [1.29, 1.82) is 0 Å². The number of anilines is 1. The van der Waals surface area contributed by atoms with Crippen LogP contribution in [-0.2, 0) is 9.53 Å². The summed E-state index contributed by atoms with van der Waals surface area (Å²) in [7, 11) is 0. The minimum absolute atomic E-state index is 0.0335. The summed E-state index contributed by atoms with van der Waals surface area (Å²) >= 11 is 17.5. The SMILES string of the molecule is Nc1c(Cl)c(Cl)nc(C(=O)OCC(=O)N2CCCCCC2)c1Cl. The molecule has 0 aromatic carbocycles. The molecule has 9 heteroatoms. The van der Waals surface area contributed by atoms with Crippen LogP contribution in [0.1, 0.15) is 36.2 Å². The fourth-order valence-corrected chi connectivity index (χ4v) is 2.86. The fraction of sp³-hybridized carbons (Fsp3) is 0.500. The molecule has 2 rings (SSSR count). The normalized spacial score (nSPS) is 15.2. The number of nitrogen functional groups attached to an aromatic ring is 1. The van der Waals surface area contributed by atoms with E-state index in [1.165, 1.54) is 0 Å². The van der Waals surface area contributed by atoms with Crippen molar-refractivity contribution < 1.29 is 14.3 Å². The number of likely N-dealkylation sites (tertiary alicyclic amines) is 1. The molecule has 0 atom stereocenters. The minimum atomic E-state index is -0.872. The first-order chi connectivity index (χ1) is 10.9. The Balaban J connectivity index is 2.01. The van der Waals surface area contributed by atoms with Crippen molar-refractivity contribution in [3.8, 4) is 0 Å². The molecule has 0 radical (unpaired) electrons. The van der Waals surface area contributed by atoms with Gasteiger partial charge in [-0.3, -0.25) is 4.79 Å². The number of aromatic nitrogens is 1. The number of amides is 1. The molecule has 0 aliphatic carbocycles. The zero-order valence-corrected chi connectivity index (χ0v) is 14.5. The van der Waals surface area contributed by atoms with Gasteiger partial charge in [0.05, 0.1) is 10.7 Å². The van der Waals surface area contributed by atoms with E-state index in [9.17, 15) is 9.59 Å². The van der Waals surface area contributed by atoms with Crippen molar-refractivity contribution in [3.63, 3.8) is 0 Å². The van der Waals surface area contributed by atoms with E-state index in [1.807, 2.05) is 0 Å². The van der Waals surface area contributed by atoms with Gasteiger partial charge in [0.15, 0.2) is 17.5 Å². The van der Waals surface area contributed by atoms with Crippen LogP contribution in [0.25, 0.3) is 0 Å². The van der Waals surface area contributed by atoms with Crippen molar-refractivity contribution in [2.24, 2.45) is 0 Å². The molecule has 0 bridgehead atoms. The molecule has 1 aliphatic rings. The predicted octanol–water partition coefficient (Wildman–Crippen LogP) is 3.18. The lowest BCUT2D eigenvalue weighted by atomic mass is 10.2. The smallest absolute Gasteiger partial charge is 0.359 e. The van der Waals surface area contributed by atoms with Crippen LogP contribution in [0.4, 0.5) is 5.69 Å². The molecule has 23 heavy (non-hydrogen) atoms. The molecule has 126 valence electrons. The quantitative estimate of drug-likeness (QED) is 0.643. The highest BCUT2D eigenvalue weighted by atomic mass is 35.5. The molecule has 1 aliphatic heterocycles. The fourth-order valence-electron chi connectivity index (χ4n) is 2.27. The number of halogens is 3. The van der Waals surface area contributed by atoms with E-state index in [2.05, 4.69) is 4.98 Å². The van der Waals surface area contributed by atoms with Gasteiger partial charge in [0.25, 0.3) is 5.91 Å². The summed E-state index contributed by atoms with van der Waals surface area (Å²) in [5.74, 6) is -1.12. The van der Waals surface area contributed by atoms with Crippen LogP contribution in [0.15, 0.2) is 0 Å². The van der Waals surface area contributed by atoms with E-state index in [0.29, 0.717) is 13.1 Å². The van der Waals surface area contributed by atoms with Crippen molar-refractivity contribution in [3.05, 3.63) is 20.9 Å². The Kier molecular flexibility index (Phi) is 6.33. The van der Waals surface area contributed by atoms with Gasteiger partial charge >= 0.3 is 5.97 Å². The molecule has 1 aromatic rings. The van der Waals surface area contributed by atoms with Crippen molar-refractivity contribution in [1.82, 2.24) is 9.88 Å². The first-order valence-corrected chi connectivity index (χ1v) is 8.30. The molecular weight excluding hydrogens is 365 g/mol. The number of carbonyl (C=O) groups is 2. The van der Waals surface area contributed by atoms with E-state index in [1.54, 1.807) is 4.90 Å². The number of rotatable bonds is 3. The summed E-state index contributed by atoms with van der Waals surface area (Å²) in [6.45, 7) is 0.973. The van der Waals surface area contributed by atoms with Crippen LogP contribution in [0, 0.1) is 0 Å². The molecular formula is C14H16Cl3N3O3. The Morgan fingerprint density at radius 1 is 1.09 bits per heavy atom. The number of ether oxygens (including phenoxy) is 1. The average molecular weight is 381 g/mol. The van der Waals surface area contributed by atoms with Crippen LogP contribution in [-0.4, -0.2) is 41.5 Å². The minimum Gasteiger partial charge on any atom is -0.451 e. The molecule has 1 fully saturated rings. The standard InChI is InChI=1S/C14H16Cl3N3O3/c15-9-11(18)10(16)13(17)19-12(9)14(22)23-7-8(21)20-5-3-1-2-4-6-20/h1-7H2,(H2,18,19). The molecule has 1 aromatic heterocycles. The summed E-state index contributed by atoms with van der Waals surface area (Å²) in [6, 6.07) is 0. The van der Waals surface area contributed by atoms with Gasteiger partial charge in [-0.15, -0.1) is 0 Å². The summed E-state index contributed by atoms with van der Waals surface area (Å²) < 4.78 is 4.98. The number of carbonyl (C=O) groups excluding carboxylic acids is 2. The van der Waals surface area contributed by atoms with E-state index in [0.717, 1.165) is 25.7 Å². The lowest BCUT2D eigenvalue weighted by Gasteiger charge is -2.20. The second-order valence-corrected chi connectivity index (χ2v) is 6.28. The molecule has 2 heterocycles. The van der Waals surface area contributed by atoms with Gasteiger partial charge in [-0.05, 0) is 12.8 Å². The zero-order valence-electron chi connectivity index (χ0n) is 12.3. The van der Waals surface area contributed by atoms with Crippen molar-refractivity contribution >= 4 is 52.4 Å². The number of hydrogen-bond donors (Lipinski definition) is 1. The zero-order chi connectivity index (χ0) is 17.0. The molecule has 6 nitrogen and oxygen atoms in total. The second kappa shape index (κ2) is 8.04. The number of hydrogen-bond acceptors (Lipinski definition) is 5. The number of pyridine rings is 1. The predicted molar refractivity (Wildman–Crippen MR) is 89.0 cm³/mol. The Labute approximate surface area is 148 Å². The first kappa shape index (κ1) is 18.1. The van der Waals surface area contributed by atoms with Crippen molar-refractivity contribution in [2.75, 3.05) is 25.4 Å². The van der Waals surface area contributed by atoms with Gasteiger partial charge in [-0.1, -0.05) is 47.6 Å². The van der Waals surface area contributed by atoms with Crippen LogP contribution >= 0.6 is 34.8 Å². The Morgan fingerprint density at radius 2 is 1.70 bits per heavy atom. The highest BCUT2D eigenvalue weighted by Gasteiger charge is 2.23. The molecule has 0 spiro atoms. The highest BCUT2D eigenvalue weighted by Crippen LogP contribution is 2.34. The summed E-state index contributed by atoms with van der Waals surface area (Å²) in [4.78, 5) is 29.6. The third-order valence-electron chi connectivity index (χ3n) is 3.55. The second-order valence-electron chi connectivity index (χ2n) is 5.16. The van der Waals surface area contributed by atoms with Crippen LogP contribution in [0.2, 0.25) is 15.2 Å². The first-order valence-electron chi connectivity index (χ1n) is 7.16. The number of nitrogens with two attached hydrogens (primary N) is 1. The van der Waals surface area contributed by atoms with Crippen molar-refractivity contribution in [2.45, 2.75) is 25.7 Å². The van der Waals surface area contributed by atoms with Gasteiger partial charge in [-0.25, -0.2) is 9.78 Å². The van der Waals surface area contributed by atoms with Gasteiger partial charge in [-0.2, -0.15) is 0 Å². The molecule has 2 N–H and O–H groups in total. The van der Waals surface area contributed by atoms with Gasteiger partial charge in [0.2, 0.25) is 0 Å². The molecule has 0 unspecified atom stereocenters. The van der Waals surface area contributed by atoms with Crippen LogP contribution < -0.4 is 5.73 Å². The average Bonchev–Trinajstić information content (AvgIpc) is 2.83.